The van der Waals surface area contributed by atoms with Crippen LogP contribution in [0.3, 0.4) is 0 Å². The molecule has 0 unspecified atom stereocenters. The molecule has 4 nitrogen and oxygen atoms in total. The average molecular weight is 233 g/mol. The first-order valence-corrected chi connectivity index (χ1v) is 5.60. The van der Waals surface area contributed by atoms with Gasteiger partial charge in [-0.3, -0.25) is 0 Å². The topological polar surface area (TPSA) is 44.5 Å². The summed E-state index contributed by atoms with van der Waals surface area (Å²) in [4.78, 5) is 0. The Morgan fingerprint density at radius 3 is 2.65 bits per heavy atom. The molecule has 1 heterocycles. The number of ether oxygens (including phenoxy) is 2. The zero-order valence-corrected chi connectivity index (χ0v) is 9.54. The van der Waals surface area contributed by atoms with Crippen molar-refractivity contribution in [3.63, 3.8) is 0 Å². The van der Waals surface area contributed by atoms with Gasteiger partial charge in [0.2, 0.25) is 0 Å². The third-order valence-electron chi connectivity index (χ3n) is 2.23. The highest BCUT2D eigenvalue weighted by molar-refractivity contribution is 5.20. The van der Waals surface area contributed by atoms with Gasteiger partial charge in [-0.05, 0) is 12.1 Å². The summed E-state index contributed by atoms with van der Waals surface area (Å²) < 4.78 is 15.6. The maximum Gasteiger partial charge on any atom is 0.124 e. The van der Waals surface area contributed by atoms with Crippen LogP contribution in [0.25, 0.3) is 0 Å². The first-order chi connectivity index (χ1) is 8.45. The Kier molecular flexibility index (Phi) is 4.60. The molecule has 0 spiro atoms. The summed E-state index contributed by atoms with van der Waals surface area (Å²) in [6, 6.07) is 11.5. The Bertz CT molecular complexity index is 400. The second kappa shape index (κ2) is 6.70. The van der Waals surface area contributed by atoms with Gasteiger partial charge in [-0.25, -0.2) is 0 Å². The third-order valence-corrected chi connectivity index (χ3v) is 2.23. The van der Waals surface area contributed by atoms with Crippen LogP contribution in [0.4, 0.5) is 0 Å². The van der Waals surface area contributed by atoms with Crippen molar-refractivity contribution in [1.82, 2.24) is 5.16 Å². The summed E-state index contributed by atoms with van der Waals surface area (Å²) >= 11 is 0. The molecule has 0 aliphatic heterocycles. The molecule has 90 valence electrons. The van der Waals surface area contributed by atoms with E-state index in [9.17, 15) is 0 Å². The zero-order valence-electron chi connectivity index (χ0n) is 9.54. The summed E-state index contributed by atoms with van der Waals surface area (Å²) in [5.41, 5.74) is 0.911. The lowest BCUT2D eigenvalue weighted by atomic mass is 10.3. The van der Waals surface area contributed by atoms with E-state index in [2.05, 4.69) is 5.16 Å². The predicted molar refractivity (Wildman–Crippen MR) is 63.0 cm³/mol. The van der Waals surface area contributed by atoms with Gasteiger partial charge in [0.1, 0.15) is 18.6 Å². The molecule has 0 aliphatic rings. The molecule has 0 amide bonds. The number of rotatable bonds is 7. The highest BCUT2D eigenvalue weighted by Crippen LogP contribution is 2.07. The van der Waals surface area contributed by atoms with E-state index < -0.39 is 0 Å². The van der Waals surface area contributed by atoms with Gasteiger partial charge >= 0.3 is 0 Å². The van der Waals surface area contributed by atoms with E-state index in [1.165, 1.54) is 0 Å². The lowest BCUT2D eigenvalue weighted by molar-refractivity contribution is 0.102. The molecule has 0 radical (unpaired) electrons. The maximum atomic E-state index is 5.48. The van der Waals surface area contributed by atoms with Crippen LogP contribution in [0.2, 0.25) is 0 Å². The lowest BCUT2D eigenvalue weighted by Crippen LogP contribution is -2.08. The molecule has 2 aromatic rings. The second-order valence-corrected chi connectivity index (χ2v) is 3.51. The minimum Gasteiger partial charge on any atom is -0.491 e. The molecule has 1 aromatic heterocycles. The smallest absolute Gasteiger partial charge is 0.124 e. The molecule has 0 fully saturated rings. The first kappa shape index (κ1) is 11.7. The largest absolute Gasteiger partial charge is 0.491 e. The number of aromatic nitrogens is 1. The summed E-state index contributed by atoms with van der Waals surface area (Å²) in [7, 11) is 0. The summed E-state index contributed by atoms with van der Waals surface area (Å²) in [6.45, 7) is 1.76. The second-order valence-electron chi connectivity index (χ2n) is 3.51. The van der Waals surface area contributed by atoms with E-state index in [1.54, 1.807) is 6.26 Å². The van der Waals surface area contributed by atoms with Gasteiger partial charge in [0.15, 0.2) is 0 Å². The Morgan fingerprint density at radius 1 is 1.00 bits per heavy atom. The minimum atomic E-state index is 0.558. The SMILES string of the molecule is c1ccc(OCCOCCc2ccon2)cc1. The number of hydrogen-bond acceptors (Lipinski definition) is 4. The van der Waals surface area contributed by atoms with Gasteiger partial charge in [-0.1, -0.05) is 23.4 Å². The van der Waals surface area contributed by atoms with Crippen molar-refractivity contribution in [3.05, 3.63) is 48.4 Å². The fourth-order valence-electron chi connectivity index (χ4n) is 1.38. The summed E-state index contributed by atoms with van der Waals surface area (Å²) in [6.07, 6.45) is 2.33. The molecule has 17 heavy (non-hydrogen) atoms. The van der Waals surface area contributed by atoms with Gasteiger partial charge in [-0.15, -0.1) is 0 Å². The molecule has 0 N–H and O–H groups in total. The van der Waals surface area contributed by atoms with Crippen LogP contribution in [0, 0.1) is 0 Å². The van der Waals surface area contributed by atoms with Crippen molar-refractivity contribution in [1.29, 1.82) is 0 Å². The Labute approximate surface area is 100 Å². The number of hydrogen-bond donors (Lipinski definition) is 0. The monoisotopic (exact) mass is 233 g/mol. The van der Waals surface area contributed by atoms with Crippen LogP contribution in [0.15, 0.2) is 47.2 Å². The molecule has 0 saturated heterocycles. The van der Waals surface area contributed by atoms with Gasteiger partial charge < -0.3 is 14.0 Å². The van der Waals surface area contributed by atoms with Crippen LogP contribution in [-0.2, 0) is 11.2 Å². The number of nitrogens with zero attached hydrogens (tertiary/aromatic N) is 1. The highest BCUT2D eigenvalue weighted by atomic mass is 16.5. The number of para-hydroxylation sites is 1. The van der Waals surface area contributed by atoms with Crippen molar-refractivity contribution >= 4 is 0 Å². The molecule has 0 bridgehead atoms. The Hall–Kier alpha value is -1.81. The Morgan fingerprint density at radius 2 is 1.88 bits per heavy atom. The van der Waals surface area contributed by atoms with Crippen molar-refractivity contribution in [2.45, 2.75) is 6.42 Å². The fourth-order valence-corrected chi connectivity index (χ4v) is 1.38. The fraction of sp³-hybridized carbons (Fsp3) is 0.308. The molecular weight excluding hydrogens is 218 g/mol. The van der Waals surface area contributed by atoms with Crippen LogP contribution in [0.1, 0.15) is 5.69 Å². The van der Waals surface area contributed by atoms with Crippen molar-refractivity contribution in [2.75, 3.05) is 19.8 Å². The van der Waals surface area contributed by atoms with Crippen LogP contribution >= 0.6 is 0 Å². The molecule has 0 saturated carbocycles. The Balaban J connectivity index is 1.52. The van der Waals surface area contributed by atoms with E-state index in [-0.39, 0.29) is 0 Å². The summed E-state index contributed by atoms with van der Waals surface area (Å²) in [5, 5.41) is 3.80. The molecular formula is C13H15NO3. The van der Waals surface area contributed by atoms with Crippen molar-refractivity contribution in [2.24, 2.45) is 0 Å². The molecule has 2 rings (SSSR count). The van der Waals surface area contributed by atoms with E-state index in [4.69, 9.17) is 14.0 Å². The maximum absolute atomic E-state index is 5.48. The van der Waals surface area contributed by atoms with Crippen molar-refractivity contribution in [3.8, 4) is 5.75 Å². The van der Waals surface area contributed by atoms with Crippen LogP contribution < -0.4 is 4.74 Å². The van der Waals surface area contributed by atoms with Gasteiger partial charge in [0.05, 0.1) is 18.9 Å². The van der Waals surface area contributed by atoms with E-state index in [0.717, 1.165) is 17.9 Å². The molecule has 0 atom stereocenters. The summed E-state index contributed by atoms with van der Waals surface area (Å²) in [5.74, 6) is 0.868. The number of benzene rings is 1. The molecule has 0 aliphatic carbocycles. The normalized spacial score (nSPS) is 10.4. The third kappa shape index (κ3) is 4.28. The van der Waals surface area contributed by atoms with Crippen LogP contribution in [-0.4, -0.2) is 25.0 Å². The van der Waals surface area contributed by atoms with Gasteiger partial charge in [0, 0.05) is 12.5 Å². The van der Waals surface area contributed by atoms with E-state index >= 15 is 0 Å². The van der Waals surface area contributed by atoms with Gasteiger partial charge in [0.25, 0.3) is 0 Å². The highest BCUT2D eigenvalue weighted by Gasteiger charge is 1.96. The van der Waals surface area contributed by atoms with Gasteiger partial charge in [-0.2, -0.15) is 0 Å². The van der Waals surface area contributed by atoms with Crippen molar-refractivity contribution < 1.29 is 14.0 Å². The van der Waals surface area contributed by atoms with E-state index in [1.807, 2.05) is 36.4 Å². The quantitative estimate of drug-likeness (QED) is 0.688. The molecule has 1 aromatic carbocycles. The predicted octanol–water partition coefficient (Wildman–Crippen LogP) is 2.31. The minimum absolute atomic E-state index is 0.558. The first-order valence-electron chi connectivity index (χ1n) is 5.60. The average Bonchev–Trinajstić information content (AvgIpc) is 2.88. The lowest BCUT2D eigenvalue weighted by Gasteiger charge is -2.06. The molecule has 4 heteroatoms. The van der Waals surface area contributed by atoms with Crippen LogP contribution in [0.5, 0.6) is 5.75 Å². The zero-order chi connectivity index (χ0) is 11.8. The standard InChI is InChI=1S/C13H15NO3/c1-2-4-13(5-3-1)16-11-10-15-8-6-12-7-9-17-14-12/h1-5,7,9H,6,8,10-11H2. The van der Waals surface area contributed by atoms with E-state index in [0.29, 0.717) is 19.8 Å².